The molecular formula is C5H14N4O. The highest BCUT2D eigenvalue weighted by Gasteiger charge is 2.03. The molecule has 0 aromatic carbocycles. The second kappa shape index (κ2) is 5.01. The standard InChI is InChI=1S/C5H14N4O/c1-2-3-4-9(7)5(10)8-6/h2-4,6-7H2,1H3,(H,8,10). The number of amides is 2. The molecule has 10 heavy (non-hydrogen) atoms. The van der Waals surface area contributed by atoms with Crippen LogP contribution in [0.4, 0.5) is 4.79 Å². The lowest BCUT2D eigenvalue weighted by molar-refractivity contribution is 0.198. The summed E-state index contributed by atoms with van der Waals surface area (Å²) in [5, 5.41) is 1.06. The Hall–Kier alpha value is -0.810. The molecule has 0 heterocycles. The fraction of sp³-hybridized carbons (Fsp3) is 0.800. The van der Waals surface area contributed by atoms with Crippen LogP contribution in [0.2, 0.25) is 0 Å². The number of nitrogens with zero attached hydrogens (tertiary/aromatic N) is 1. The molecule has 0 saturated heterocycles. The molecule has 5 heteroatoms. The largest absolute Gasteiger partial charge is 0.345 e. The Morgan fingerprint density at radius 3 is 2.70 bits per heavy atom. The van der Waals surface area contributed by atoms with Crippen LogP contribution in [-0.4, -0.2) is 17.6 Å². The summed E-state index contributed by atoms with van der Waals surface area (Å²) in [6.45, 7) is 2.56. The molecule has 0 aromatic heterocycles. The molecule has 60 valence electrons. The molecule has 0 atom stereocenters. The van der Waals surface area contributed by atoms with Crippen LogP contribution < -0.4 is 17.1 Å². The Morgan fingerprint density at radius 1 is 1.70 bits per heavy atom. The van der Waals surface area contributed by atoms with E-state index in [4.69, 9.17) is 11.7 Å². The molecule has 0 radical (unpaired) electrons. The van der Waals surface area contributed by atoms with Crippen LogP contribution >= 0.6 is 0 Å². The third-order valence-corrected chi connectivity index (χ3v) is 1.14. The van der Waals surface area contributed by atoms with E-state index in [1.165, 1.54) is 0 Å². The van der Waals surface area contributed by atoms with E-state index in [1.807, 2.05) is 12.3 Å². The summed E-state index contributed by atoms with van der Waals surface area (Å²) in [7, 11) is 0. The van der Waals surface area contributed by atoms with E-state index in [2.05, 4.69) is 0 Å². The number of rotatable bonds is 3. The molecule has 0 aliphatic carbocycles. The van der Waals surface area contributed by atoms with Crippen molar-refractivity contribution in [3.8, 4) is 0 Å². The van der Waals surface area contributed by atoms with Crippen molar-refractivity contribution < 1.29 is 4.79 Å². The maximum atomic E-state index is 10.6. The van der Waals surface area contributed by atoms with Gasteiger partial charge >= 0.3 is 6.03 Å². The number of hydrazine groups is 2. The number of carbonyl (C=O) groups excluding carboxylic acids is 1. The van der Waals surface area contributed by atoms with E-state index in [1.54, 1.807) is 0 Å². The summed E-state index contributed by atoms with van der Waals surface area (Å²) in [4.78, 5) is 10.6. The molecule has 0 spiro atoms. The van der Waals surface area contributed by atoms with Gasteiger partial charge in [0.1, 0.15) is 0 Å². The van der Waals surface area contributed by atoms with Crippen molar-refractivity contribution in [3.63, 3.8) is 0 Å². The van der Waals surface area contributed by atoms with Gasteiger partial charge in [-0.1, -0.05) is 13.3 Å². The van der Waals surface area contributed by atoms with Gasteiger partial charge in [-0.15, -0.1) is 0 Å². The van der Waals surface area contributed by atoms with Crippen LogP contribution in [0.3, 0.4) is 0 Å². The van der Waals surface area contributed by atoms with Crippen molar-refractivity contribution in [2.24, 2.45) is 11.7 Å². The van der Waals surface area contributed by atoms with Gasteiger partial charge in [-0.05, 0) is 6.42 Å². The minimum atomic E-state index is -0.451. The van der Waals surface area contributed by atoms with Gasteiger partial charge in [0.05, 0.1) is 0 Å². The average Bonchev–Trinajstić information content (AvgIpc) is 1.98. The summed E-state index contributed by atoms with van der Waals surface area (Å²) in [6.07, 6.45) is 1.90. The van der Waals surface area contributed by atoms with E-state index >= 15 is 0 Å². The summed E-state index contributed by atoms with van der Waals surface area (Å²) in [5.74, 6) is 10.1. The van der Waals surface area contributed by atoms with Crippen molar-refractivity contribution in [1.82, 2.24) is 10.4 Å². The van der Waals surface area contributed by atoms with Crippen molar-refractivity contribution in [3.05, 3.63) is 0 Å². The number of nitrogens with one attached hydrogen (secondary N) is 1. The monoisotopic (exact) mass is 146 g/mol. The van der Waals surface area contributed by atoms with E-state index < -0.39 is 6.03 Å². The van der Waals surface area contributed by atoms with Gasteiger partial charge in [0.2, 0.25) is 0 Å². The molecule has 0 rings (SSSR count). The second-order valence-electron chi connectivity index (χ2n) is 2.00. The maximum absolute atomic E-state index is 10.6. The highest BCUT2D eigenvalue weighted by atomic mass is 16.2. The van der Waals surface area contributed by atoms with E-state index in [-0.39, 0.29) is 0 Å². The van der Waals surface area contributed by atoms with Gasteiger partial charge in [-0.3, -0.25) is 10.4 Å². The second-order valence-corrected chi connectivity index (χ2v) is 2.00. The lowest BCUT2D eigenvalue weighted by atomic mass is 10.3. The molecule has 0 fully saturated rings. The van der Waals surface area contributed by atoms with E-state index in [0.717, 1.165) is 17.9 Å². The summed E-state index contributed by atoms with van der Waals surface area (Å²) in [6, 6.07) is -0.451. The highest BCUT2D eigenvalue weighted by Crippen LogP contribution is 1.88. The summed E-state index contributed by atoms with van der Waals surface area (Å²) < 4.78 is 0. The Labute approximate surface area is 60.3 Å². The average molecular weight is 146 g/mol. The zero-order chi connectivity index (χ0) is 7.98. The highest BCUT2D eigenvalue weighted by molar-refractivity contribution is 5.72. The molecule has 5 nitrogen and oxygen atoms in total. The first kappa shape index (κ1) is 9.19. The first-order valence-electron chi connectivity index (χ1n) is 3.25. The Balaban J connectivity index is 3.41. The van der Waals surface area contributed by atoms with Gasteiger partial charge in [0.25, 0.3) is 0 Å². The quantitative estimate of drug-likeness (QED) is 0.286. The molecule has 0 saturated carbocycles. The van der Waals surface area contributed by atoms with Crippen molar-refractivity contribution in [2.75, 3.05) is 6.54 Å². The molecule has 5 N–H and O–H groups in total. The predicted octanol–water partition coefficient (Wildman–Crippen LogP) is -0.454. The Bertz CT molecular complexity index is 106. The molecule has 0 bridgehead atoms. The zero-order valence-electron chi connectivity index (χ0n) is 6.13. The molecule has 0 aromatic rings. The molecule has 0 aliphatic rings. The number of unbranched alkanes of at least 4 members (excludes halogenated alkanes) is 1. The Kier molecular flexibility index (Phi) is 4.61. The minimum Gasteiger partial charge on any atom is -0.275 e. The number of carbonyl (C=O) groups is 1. The molecule has 2 amide bonds. The van der Waals surface area contributed by atoms with Crippen molar-refractivity contribution in [2.45, 2.75) is 19.8 Å². The normalized spacial score (nSPS) is 9.10. The van der Waals surface area contributed by atoms with Crippen LogP contribution in [0.1, 0.15) is 19.8 Å². The number of urea groups is 1. The van der Waals surface area contributed by atoms with Gasteiger partial charge in [-0.2, -0.15) is 0 Å². The first-order valence-corrected chi connectivity index (χ1v) is 3.25. The summed E-state index contributed by atoms with van der Waals surface area (Å²) >= 11 is 0. The lowest BCUT2D eigenvalue weighted by Crippen LogP contribution is -2.47. The fourth-order valence-electron chi connectivity index (χ4n) is 0.513. The van der Waals surface area contributed by atoms with Gasteiger partial charge in [0.15, 0.2) is 0 Å². The third kappa shape index (κ3) is 3.26. The number of hydrogen-bond donors (Lipinski definition) is 3. The molecule has 0 aliphatic heterocycles. The molecular weight excluding hydrogens is 132 g/mol. The summed E-state index contributed by atoms with van der Waals surface area (Å²) in [5.41, 5.74) is 1.94. The number of hydrogen-bond acceptors (Lipinski definition) is 3. The van der Waals surface area contributed by atoms with Gasteiger partial charge < -0.3 is 0 Å². The Morgan fingerprint density at radius 2 is 2.30 bits per heavy atom. The maximum Gasteiger partial charge on any atom is 0.345 e. The SMILES string of the molecule is CCCCN(N)C(=O)NN. The van der Waals surface area contributed by atoms with Crippen LogP contribution in [0.25, 0.3) is 0 Å². The van der Waals surface area contributed by atoms with E-state index in [0.29, 0.717) is 6.54 Å². The van der Waals surface area contributed by atoms with Crippen molar-refractivity contribution in [1.29, 1.82) is 0 Å². The van der Waals surface area contributed by atoms with Crippen LogP contribution in [-0.2, 0) is 0 Å². The lowest BCUT2D eigenvalue weighted by Gasteiger charge is -2.14. The minimum absolute atomic E-state index is 0.451. The van der Waals surface area contributed by atoms with E-state index in [9.17, 15) is 4.79 Å². The third-order valence-electron chi connectivity index (χ3n) is 1.14. The fourth-order valence-corrected chi connectivity index (χ4v) is 0.513. The van der Waals surface area contributed by atoms with Crippen molar-refractivity contribution >= 4 is 6.03 Å². The van der Waals surface area contributed by atoms with Crippen LogP contribution in [0, 0.1) is 0 Å². The van der Waals surface area contributed by atoms with Gasteiger partial charge in [0, 0.05) is 6.54 Å². The topological polar surface area (TPSA) is 84.4 Å². The van der Waals surface area contributed by atoms with Crippen LogP contribution in [0.5, 0.6) is 0 Å². The first-order chi connectivity index (χ1) is 4.72. The van der Waals surface area contributed by atoms with Gasteiger partial charge in [-0.25, -0.2) is 16.5 Å². The van der Waals surface area contributed by atoms with Crippen LogP contribution in [0.15, 0.2) is 0 Å². The zero-order valence-corrected chi connectivity index (χ0v) is 6.13. The predicted molar refractivity (Wildman–Crippen MR) is 38.5 cm³/mol. The molecule has 0 unspecified atom stereocenters. The smallest absolute Gasteiger partial charge is 0.275 e. The number of nitrogens with two attached hydrogens (primary N) is 2.